The monoisotopic (exact) mass is 476 g/mol. The quantitative estimate of drug-likeness (QED) is 0.352. The van der Waals surface area contributed by atoms with Crippen LogP contribution in [0.4, 0.5) is 5.13 Å². The highest BCUT2D eigenvalue weighted by Crippen LogP contribution is 2.40. The first-order valence-electron chi connectivity index (χ1n) is 10.4. The van der Waals surface area contributed by atoms with Gasteiger partial charge in [-0.1, -0.05) is 29.5 Å². The number of oxazole rings is 1. The standard InChI is InChI=1S/C24H20N4O5S/c1-31-18-9-10-19(32-2)22-21(18)26-23(34-22)28(13-15-6-5-11-25-12-15)20(29)14-27-16-7-3-4-8-17(16)33-24(27)30/h3-12H,13-14H2,1-2H3. The molecule has 34 heavy (non-hydrogen) atoms. The lowest BCUT2D eigenvalue weighted by molar-refractivity contribution is -0.119. The molecule has 3 aromatic heterocycles. The van der Waals surface area contributed by atoms with Gasteiger partial charge in [0.1, 0.15) is 28.3 Å². The van der Waals surface area contributed by atoms with E-state index < -0.39 is 5.76 Å². The third-order valence-electron chi connectivity index (χ3n) is 5.36. The maximum absolute atomic E-state index is 13.6. The number of anilines is 1. The molecule has 5 aromatic rings. The van der Waals surface area contributed by atoms with Gasteiger partial charge >= 0.3 is 5.76 Å². The first kappa shape index (κ1) is 21.7. The number of methoxy groups -OCH3 is 2. The first-order chi connectivity index (χ1) is 16.6. The van der Waals surface area contributed by atoms with Crippen molar-refractivity contribution in [1.29, 1.82) is 0 Å². The van der Waals surface area contributed by atoms with Crippen LogP contribution in [0.3, 0.4) is 0 Å². The molecule has 5 rings (SSSR count). The summed E-state index contributed by atoms with van der Waals surface area (Å²) in [5, 5.41) is 0.451. The molecule has 0 unspecified atom stereocenters. The number of nitrogens with zero attached hydrogens (tertiary/aromatic N) is 4. The summed E-state index contributed by atoms with van der Waals surface area (Å²) >= 11 is 1.31. The molecule has 0 aliphatic carbocycles. The summed E-state index contributed by atoms with van der Waals surface area (Å²) in [5.74, 6) is 0.285. The number of rotatable bonds is 7. The Morgan fingerprint density at radius 3 is 2.65 bits per heavy atom. The zero-order valence-electron chi connectivity index (χ0n) is 18.4. The van der Waals surface area contributed by atoms with Crippen molar-refractivity contribution in [3.63, 3.8) is 0 Å². The van der Waals surface area contributed by atoms with Gasteiger partial charge in [-0.25, -0.2) is 9.78 Å². The molecule has 0 spiro atoms. The van der Waals surface area contributed by atoms with Crippen LogP contribution in [-0.2, 0) is 17.9 Å². The van der Waals surface area contributed by atoms with Crippen LogP contribution < -0.4 is 20.1 Å². The lowest BCUT2D eigenvalue weighted by Gasteiger charge is -2.20. The number of amides is 1. The molecular formula is C24H20N4O5S. The predicted molar refractivity (Wildman–Crippen MR) is 129 cm³/mol. The first-order valence-corrected chi connectivity index (χ1v) is 11.2. The average molecular weight is 477 g/mol. The third kappa shape index (κ3) is 3.88. The highest BCUT2D eigenvalue weighted by Gasteiger charge is 2.24. The molecule has 0 atom stereocenters. The van der Waals surface area contributed by atoms with Gasteiger partial charge in [0.15, 0.2) is 10.7 Å². The topological polar surface area (TPSA) is 99.7 Å². The largest absolute Gasteiger partial charge is 0.495 e. The smallest absolute Gasteiger partial charge is 0.420 e. The summed E-state index contributed by atoms with van der Waals surface area (Å²) in [5.41, 5.74) is 2.39. The highest BCUT2D eigenvalue weighted by atomic mass is 32.1. The van der Waals surface area contributed by atoms with E-state index in [0.29, 0.717) is 33.2 Å². The molecule has 0 N–H and O–H groups in total. The van der Waals surface area contributed by atoms with Gasteiger partial charge in [0.2, 0.25) is 5.91 Å². The van der Waals surface area contributed by atoms with Gasteiger partial charge < -0.3 is 13.9 Å². The highest BCUT2D eigenvalue weighted by molar-refractivity contribution is 7.22. The van der Waals surface area contributed by atoms with E-state index >= 15 is 0 Å². The van der Waals surface area contributed by atoms with Crippen molar-refractivity contribution in [3.8, 4) is 11.5 Å². The Kier molecular flexibility index (Phi) is 5.72. The molecule has 0 saturated heterocycles. The van der Waals surface area contributed by atoms with E-state index in [1.54, 1.807) is 69.1 Å². The minimum atomic E-state index is -0.594. The molecule has 0 bridgehead atoms. The van der Waals surface area contributed by atoms with Crippen molar-refractivity contribution in [2.24, 2.45) is 0 Å². The van der Waals surface area contributed by atoms with E-state index in [1.165, 1.54) is 20.8 Å². The van der Waals surface area contributed by atoms with Gasteiger partial charge in [0, 0.05) is 12.4 Å². The van der Waals surface area contributed by atoms with Gasteiger partial charge in [-0.05, 0) is 35.9 Å². The van der Waals surface area contributed by atoms with Crippen LogP contribution in [0.25, 0.3) is 21.3 Å². The number of carbonyl (C=O) groups is 1. The van der Waals surface area contributed by atoms with Crippen molar-refractivity contribution < 1.29 is 18.7 Å². The Balaban J connectivity index is 1.59. The van der Waals surface area contributed by atoms with E-state index in [0.717, 1.165) is 10.3 Å². The second kappa shape index (κ2) is 8.99. The fourth-order valence-corrected chi connectivity index (χ4v) is 4.80. The van der Waals surface area contributed by atoms with Crippen molar-refractivity contribution in [2.75, 3.05) is 19.1 Å². The van der Waals surface area contributed by atoms with Crippen LogP contribution in [0.1, 0.15) is 5.56 Å². The number of thiazole rings is 1. The Labute approximate surface area is 197 Å². The molecular weight excluding hydrogens is 456 g/mol. The van der Waals surface area contributed by atoms with Gasteiger partial charge in [-0.3, -0.25) is 19.2 Å². The average Bonchev–Trinajstić information content (AvgIpc) is 3.44. The fraction of sp³-hybridized carbons (Fsp3) is 0.167. The predicted octanol–water partition coefficient (Wildman–Crippen LogP) is 3.85. The number of ether oxygens (including phenoxy) is 2. The summed E-state index contributed by atoms with van der Waals surface area (Å²) in [4.78, 5) is 36.5. The van der Waals surface area contributed by atoms with Gasteiger partial charge in [0.05, 0.1) is 26.3 Å². The number of carbonyl (C=O) groups excluding carboxylic acids is 1. The molecule has 172 valence electrons. The molecule has 0 radical (unpaired) electrons. The van der Waals surface area contributed by atoms with Crippen LogP contribution in [0.15, 0.2) is 70.1 Å². The van der Waals surface area contributed by atoms with Crippen molar-refractivity contribution in [1.82, 2.24) is 14.5 Å². The lowest BCUT2D eigenvalue weighted by atomic mass is 10.2. The molecule has 2 aromatic carbocycles. The normalized spacial score (nSPS) is 11.1. The number of benzene rings is 2. The van der Waals surface area contributed by atoms with Crippen LogP contribution in [0.2, 0.25) is 0 Å². The Hall–Kier alpha value is -4.18. The van der Waals surface area contributed by atoms with E-state index in [9.17, 15) is 9.59 Å². The maximum Gasteiger partial charge on any atom is 0.420 e. The van der Waals surface area contributed by atoms with E-state index in [1.807, 2.05) is 6.07 Å². The van der Waals surface area contributed by atoms with Crippen LogP contribution in [0.5, 0.6) is 11.5 Å². The van der Waals surface area contributed by atoms with E-state index in [-0.39, 0.29) is 19.0 Å². The second-order valence-corrected chi connectivity index (χ2v) is 8.38. The minimum Gasteiger partial charge on any atom is -0.495 e. The van der Waals surface area contributed by atoms with Crippen molar-refractivity contribution in [2.45, 2.75) is 13.1 Å². The number of hydrogen-bond donors (Lipinski definition) is 0. The second-order valence-electron chi connectivity index (χ2n) is 7.41. The molecule has 0 aliphatic heterocycles. The minimum absolute atomic E-state index is 0.208. The molecule has 0 saturated carbocycles. The third-order valence-corrected chi connectivity index (χ3v) is 6.45. The summed E-state index contributed by atoms with van der Waals surface area (Å²) in [6, 6.07) is 14.2. The molecule has 9 nitrogen and oxygen atoms in total. The fourth-order valence-electron chi connectivity index (χ4n) is 3.71. The SMILES string of the molecule is COc1ccc(OC)c2sc(N(Cc3cccnc3)C(=O)Cn3c(=O)oc4ccccc43)nc12. The number of aromatic nitrogens is 3. The van der Waals surface area contributed by atoms with Gasteiger partial charge in [0.25, 0.3) is 0 Å². The zero-order valence-corrected chi connectivity index (χ0v) is 19.2. The Morgan fingerprint density at radius 1 is 1.09 bits per heavy atom. The maximum atomic E-state index is 13.6. The number of pyridine rings is 1. The summed E-state index contributed by atoms with van der Waals surface area (Å²) < 4.78 is 18.3. The molecule has 3 heterocycles. The molecule has 10 heteroatoms. The Bertz CT molecular complexity index is 1500. The zero-order chi connectivity index (χ0) is 23.7. The van der Waals surface area contributed by atoms with E-state index in [2.05, 4.69) is 4.98 Å². The lowest BCUT2D eigenvalue weighted by Crippen LogP contribution is -2.35. The van der Waals surface area contributed by atoms with Crippen LogP contribution in [-0.4, -0.2) is 34.7 Å². The van der Waals surface area contributed by atoms with Gasteiger partial charge in [-0.15, -0.1) is 0 Å². The van der Waals surface area contributed by atoms with Gasteiger partial charge in [-0.2, -0.15) is 0 Å². The summed E-state index contributed by atoms with van der Waals surface area (Å²) in [7, 11) is 3.14. The van der Waals surface area contributed by atoms with Crippen LogP contribution in [0, 0.1) is 0 Å². The van der Waals surface area contributed by atoms with Crippen LogP contribution >= 0.6 is 11.3 Å². The van der Waals surface area contributed by atoms with Crippen molar-refractivity contribution >= 4 is 43.7 Å². The summed E-state index contributed by atoms with van der Waals surface area (Å²) in [6.45, 7) is 0.0158. The number of hydrogen-bond acceptors (Lipinski definition) is 8. The Morgan fingerprint density at radius 2 is 1.88 bits per heavy atom. The molecule has 0 fully saturated rings. The number of para-hydroxylation sites is 2. The van der Waals surface area contributed by atoms with Crippen molar-refractivity contribution in [3.05, 3.63) is 77.0 Å². The summed E-state index contributed by atoms with van der Waals surface area (Å²) in [6.07, 6.45) is 3.36. The van der Waals surface area contributed by atoms with E-state index in [4.69, 9.17) is 18.9 Å². The molecule has 1 amide bonds. The molecule has 0 aliphatic rings. The number of fused-ring (bicyclic) bond motifs is 2.